The fourth-order valence-corrected chi connectivity index (χ4v) is 1.41. The minimum atomic E-state index is -1.15. The van der Waals surface area contributed by atoms with Crippen molar-refractivity contribution in [3.8, 4) is 17.1 Å². The molecule has 0 amide bonds. The van der Waals surface area contributed by atoms with Crippen molar-refractivity contribution in [2.75, 3.05) is 7.11 Å². The van der Waals surface area contributed by atoms with E-state index in [1.165, 1.54) is 0 Å². The van der Waals surface area contributed by atoms with Gasteiger partial charge >= 0.3 is 0 Å². The minimum Gasteiger partial charge on any atom is -0.496 e. The molecule has 17 heavy (non-hydrogen) atoms. The highest BCUT2D eigenvalue weighted by atomic mass is 16.5. The van der Waals surface area contributed by atoms with Crippen LogP contribution in [0, 0.1) is 0 Å². The Morgan fingerprint density at radius 3 is 2.59 bits per heavy atom. The van der Waals surface area contributed by atoms with Gasteiger partial charge in [-0.2, -0.15) is 4.98 Å². The van der Waals surface area contributed by atoms with Crippen LogP contribution in [-0.4, -0.2) is 22.4 Å². The topological polar surface area (TPSA) is 68.4 Å². The van der Waals surface area contributed by atoms with Crippen molar-refractivity contribution >= 4 is 0 Å². The van der Waals surface area contributed by atoms with Gasteiger partial charge in [0.25, 0.3) is 5.89 Å². The molecule has 0 atom stereocenters. The summed E-state index contributed by atoms with van der Waals surface area (Å²) in [5.74, 6) is 1.24. The largest absolute Gasteiger partial charge is 0.496 e. The average molecular weight is 234 g/mol. The van der Waals surface area contributed by atoms with Crippen molar-refractivity contribution in [3.63, 3.8) is 0 Å². The molecule has 5 heteroatoms. The molecule has 90 valence electrons. The number of para-hydroxylation sites is 1. The first-order valence-corrected chi connectivity index (χ1v) is 5.22. The summed E-state index contributed by atoms with van der Waals surface area (Å²) in [5, 5.41) is 13.6. The summed E-state index contributed by atoms with van der Waals surface area (Å²) < 4.78 is 10.2. The van der Waals surface area contributed by atoms with Crippen molar-refractivity contribution in [2.45, 2.75) is 19.4 Å². The number of nitrogens with zero attached hydrogens (tertiary/aromatic N) is 2. The maximum Gasteiger partial charge on any atom is 0.258 e. The van der Waals surface area contributed by atoms with E-state index < -0.39 is 5.60 Å². The quantitative estimate of drug-likeness (QED) is 0.879. The summed E-state index contributed by atoms with van der Waals surface area (Å²) in [6.07, 6.45) is 0. The van der Waals surface area contributed by atoms with Gasteiger partial charge in [0.2, 0.25) is 5.82 Å². The minimum absolute atomic E-state index is 0.179. The van der Waals surface area contributed by atoms with Crippen molar-refractivity contribution < 1.29 is 14.4 Å². The monoisotopic (exact) mass is 234 g/mol. The van der Waals surface area contributed by atoms with Crippen LogP contribution in [0.3, 0.4) is 0 Å². The SMILES string of the molecule is COc1ccccc1-c1noc(C(C)(C)O)n1. The van der Waals surface area contributed by atoms with Gasteiger partial charge in [0, 0.05) is 0 Å². The molecule has 5 nitrogen and oxygen atoms in total. The van der Waals surface area contributed by atoms with Gasteiger partial charge in [0.1, 0.15) is 11.4 Å². The number of aliphatic hydroxyl groups is 1. The predicted octanol–water partition coefficient (Wildman–Crippen LogP) is 1.97. The Labute approximate surface area is 99.0 Å². The molecule has 1 heterocycles. The van der Waals surface area contributed by atoms with Gasteiger partial charge in [0.15, 0.2) is 0 Å². The first kappa shape index (κ1) is 11.6. The smallest absolute Gasteiger partial charge is 0.258 e. The molecule has 0 bridgehead atoms. The third-order valence-electron chi connectivity index (χ3n) is 2.30. The van der Waals surface area contributed by atoms with Crippen LogP contribution in [0.1, 0.15) is 19.7 Å². The van der Waals surface area contributed by atoms with E-state index in [-0.39, 0.29) is 5.89 Å². The van der Waals surface area contributed by atoms with Crippen molar-refractivity contribution in [1.82, 2.24) is 10.1 Å². The molecular formula is C12H14N2O3. The van der Waals surface area contributed by atoms with Crippen LogP contribution in [0.5, 0.6) is 5.75 Å². The second-order valence-electron chi connectivity index (χ2n) is 4.18. The Hall–Kier alpha value is -1.88. The third-order valence-corrected chi connectivity index (χ3v) is 2.30. The summed E-state index contributed by atoms with van der Waals surface area (Å²) in [6.45, 7) is 3.18. The van der Waals surface area contributed by atoms with E-state index in [9.17, 15) is 5.11 Å². The zero-order valence-electron chi connectivity index (χ0n) is 9.97. The molecule has 0 fully saturated rings. The number of hydrogen-bond acceptors (Lipinski definition) is 5. The number of aromatic nitrogens is 2. The molecule has 2 rings (SSSR count). The lowest BCUT2D eigenvalue weighted by atomic mass is 10.1. The molecule has 0 radical (unpaired) electrons. The van der Waals surface area contributed by atoms with E-state index in [1.54, 1.807) is 21.0 Å². The maximum atomic E-state index is 9.75. The van der Waals surface area contributed by atoms with Crippen molar-refractivity contribution in [2.24, 2.45) is 0 Å². The number of rotatable bonds is 3. The van der Waals surface area contributed by atoms with E-state index in [2.05, 4.69) is 10.1 Å². The Morgan fingerprint density at radius 1 is 1.29 bits per heavy atom. The zero-order valence-corrected chi connectivity index (χ0v) is 9.97. The highest BCUT2D eigenvalue weighted by molar-refractivity contribution is 5.63. The Morgan fingerprint density at radius 2 is 2.00 bits per heavy atom. The molecule has 1 aromatic heterocycles. The van der Waals surface area contributed by atoms with Crippen LogP contribution >= 0.6 is 0 Å². The average Bonchev–Trinajstić information content (AvgIpc) is 2.77. The van der Waals surface area contributed by atoms with Crippen molar-refractivity contribution in [3.05, 3.63) is 30.2 Å². The highest BCUT2D eigenvalue weighted by Gasteiger charge is 2.25. The van der Waals surface area contributed by atoms with Gasteiger partial charge in [-0.25, -0.2) is 0 Å². The molecule has 1 N–H and O–H groups in total. The number of hydrogen-bond donors (Lipinski definition) is 1. The Bertz CT molecular complexity index is 514. The van der Waals surface area contributed by atoms with Gasteiger partial charge < -0.3 is 14.4 Å². The predicted molar refractivity (Wildman–Crippen MR) is 61.5 cm³/mol. The molecule has 1 aromatic carbocycles. The van der Waals surface area contributed by atoms with Crippen LogP contribution in [0.15, 0.2) is 28.8 Å². The van der Waals surface area contributed by atoms with E-state index in [1.807, 2.05) is 24.3 Å². The van der Waals surface area contributed by atoms with Crippen LogP contribution in [0.4, 0.5) is 0 Å². The van der Waals surface area contributed by atoms with Gasteiger partial charge in [-0.3, -0.25) is 0 Å². The van der Waals surface area contributed by atoms with E-state index in [0.29, 0.717) is 11.6 Å². The fourth-order valence-electron chi connectivity index (χ4n) is 1.41. The van der Waals surface area contributed by atoms with Gasteiger partial charge in [-0.15, -0.1) is 0 Å². The van der Waals surface area contributed by atoms with Crippen LogP contribution < -0.4 is 4.74 Å². The molecule has 0 aliphatic carbocycles. The summed E-state index contributed by atoms with van der Waals surface area (Å²) in [7, 11) is 1.58. The second-order valence-corrected chi connectivity index (χ2v) is 4.18. The van der Waals surface area contributed by atoms with E-state index in [0.717, 1.165) is 5.56 Å². The first-order chi connectivity index (χ1) is 8.02. The summed E-state index contributed by atoms with van der Waals surface area (Å²) in [6, 6.07) is 7.37. The Balaban J connectivity index is 2.44. The lowest BCUT2D eigenvalue weighted by molar-refractivity contribution is 0.0420. The van der Waals surface area contributed by atoms with E-state index in [4.69, 9.17) is 9.26 Å². The standard InChI is InChI=1S/C12H14N2O3/c1-12(2,15)11-13-10(14-17-11)8-6-4-5-7-9(8)16-3/h4-7,15H,1-3H3. The van der Waals surface area contributed by atoms with Crippen LogP contribution in [0.2, 0.25) is 0 Å². The zero-order chi connectivity index (χ0) is 12.5. The molecule has 2 aromatic rings. The van der Waals surface area contributed by atoms with E-state index >= 15 is 0 Å². The number of methoxy groups -OCH3 is 1. The summed E-state index contributed by atoms with van der Waals surface area (Å²) in [4.78, 5) is 4.15. The lowest BCUT2D eigenvalue weighted by Gasteiger charge is -2.09. The molecular weight excluding hydrogens is 220 g/mol. The molecule has 0 unspecified atom stereocenters. The molecule has 0 saturated carbocycles. The molecule has 0 aliphatic heterocycles. The van der Waals surface area contributed by atoms with Crippen molar-refractivity contribution in [1.29, 1.82) is 0 Å². The van der Waals surface area contributed by atoms with Crippen LogP contribution in [-0.2, 0) is 5.60 Å². The highest BCUT2D eigenvalue weighted by Crippen LogP contribution is 2.28. The summed E-state index contributed by atoms with van der Waals surface area (Å²) >= 11 is 0. The Kier molecular flexibility index (Phi) is 2.85. The third kappa shape index (κ3) is 2.29. The number of ether oxygens (including phenoxy) is 1. The first-order valence-electron chi connectivity index (χ1n) is 5.22. The second kappa shape index (κ2) is 4.18. The molecule has 0 saturated heterocycles. The van der Waals surface area contributed by atoms with Crippen LogP contribution in [0.25, 0.3) is 11.4 Å². The number of benzene rings is 1. The fraction of sp³-hybridized carbons (Fsp3) is 0.333. The normalized spacial score (nSPS) is 11.5. The van der Waals surface area contributed by atoms with Gasteiger partial charge in [-0.1, -0.05) is 17.3 Å². The van der Waals surface area contributed by atoms with Gasteiger partial charge in [0.05, 0.1) is 12.7 Å². The molecule has 0 aliphatic rings. The lowest BCUT2D eigenvalue weighted by Crippen LogP contribution is -2.15. The van der Waals surface area contributed by atoms with Gasteiger partial charge in [-0.05, 0) is 26.0 Å². The molecule has 0 spiro atoms. The maximum absolute atomic E-state index is 9.75. The summed E-state index contributed by atoms with van der Waals surface area (Å²) in [5.41, 5.74) is -0.415.